The SMILES string of the molecule is CCCC1(O)CCN(c2ncnc3nc(N)ccc23)CC1. The van der Waals surface area contributed by atoms with Gasteiger partial charge in [0.2, 0.25) is 0 Å². The Morgan fingerprint density at radius 2 is 2.05 bits per heavy atom. The molecule has 1 aliphatic rings. The molecule has 0 aliphatic carbocycles. The Bertz CT molecular complexity index is 637. The quantitative estimate of drug-likeness (QED) is 0.894. The summed E-state index contributed by atoms with van der Waals surface area (Å²) in [5, 5.41) is 11.4. The highest BCUT2D eigenvalue weighted by Gasteiger charge is 2.32. The number of nitrogens with two attached hydrogens (primary N) is 1. The first-order valence-electron chi connectivity index (χ1n) is 7.46. The van der Waals surface area contributed by atoms with Gasteiger partial charge in [-0.2, -0.15) is 0 Å². The second kappa shape index (κ2) is 5.44. The molecule has 21 heavy (non-hydrogen) atoms. The molecule has 0 saturated carbocycles. The predicted octanol–water partition coefficient (Wildman–Crippen LogP) is 1.74. The van der Waals surface area contributed by atoms with Crippen LogP contribution in [-0.4, -0.2) is 38.7 Å². The lowest BCUT2D eigenvalue weighted by atomic mass is 9.87. The lowest BCUT2D eigenvalue weighted by Gasteiger charge is -2.38. The molecule has 2 aromatic rings. The van der Waals surface area contributed by atoms with Gasteiger partial charge in [-0.3, -0.25) is 0 Å². The fraction of sp³-hybridized carbons (Fsp3) is 0.533. The maximum atomic E-state index is 10.5. The van der Waals surface area contributed by atoms with Crippen LogP contribution in [0.15, 0.2) is 18.5 Å². The third-order valence-corrected chi connectivity index (χ3v) is 4.21. The molecule has 3 rings (SSSR count). The van der Waals surface area contributed by atoms with Crippen molar-refractivity contribution in [2.45, 2.75) is 38.2 Å². The third-order valence-electron chi connectivity index (χ3n) is 4.21. The zero-order valence-electron chi connectivity index (χ0n) is 12.3. The van der Waals surface area contributed by atoms with Crippen molar-refractivity contribution < 1.29 is 5.11 Å². The minimum absolute atomic E-state index is 0.461. The van der Waals surface area contributed by atoms with Crippen LogP contribution in [-0.2, 0) is 0 Å². The fourth-order valence-corrected chi connectivity index (χ4v) is 3.05. The van der Waals surface area contributed by atoms with Crippen LogP contribution in [0.1, 0.15) is 32.6 Å². The number of hydrogen-bond donors (Lipinski definition) is 2. The van der Waals surface area contributed by atoms with Crippen LogP contribution in [0.5, 0.6) is 0 Å². The molecule has 3 heterocycles. The maximum absolute atomic E-state index is 10.5. The van der Waals surface area contributed by atoms with Crippen LogP contribution in [0.3, 0.4) is 0 Å². The van der Waals surface area contributed by atoms with Crippen LogP contribution < -0.4 is 10.6 Å². The van der Waals surface area contributed by atoms with Gasteiger partial charge in [0, 0.05) is 13.1 Å². The van der Waals surface area contributed by atoms with E-state index >= 15 is 0 Å². The average Bonchev–Trinajstić information content (AvgIpc) is 2.47. The summed E-state index contributed by atoms with van der Waals surface area (Å²) in [6, 6.07) is 3.69. The monoisotopic (exact) mass is 287 g/mol. The van der Waals surface area contributed by atoms with Gasteiger partial charge < -0.3 is 15.7 Å². The largest absolute Gasteiger partial charge is 0.390 e. The standard InChI is InChI=1S/C15H21N5O/c1-2-5-15(21)6-8-20(9-7-15)14-11-3-4-12(16)19-13(11)17-10-18-14/h3-4,10,21H,2,5-9H2,1H3,(H2,16,17,18,19). The van der Waals surface area contributed by atoms with E-state index in [1.165, 1.54) is 6.33 Å². The van der Waals surface area contributed by atoms with E-state index in [9.17, 15) is 5.11 Å². The average molecular weight is 287 g/mol. The minimum Gasteiger partial charge on any atom is -0.390 e. The van der Waals surface area contributed by atoms with Crippen molar-refractivity contribution >= 4 is 22.7 Å². The summed E-state index contributed by atoms with van der Waals surface area (Å²) in [7, 11) is 0. The van der Waals surface area contributed by atoms with Crippen molar-refractivity contribution in [3.8, 4) is 0 Å². The summed E-state index contributed by atoms with van der Waals surface area (Å²) >= 11 is 0. The summed E-state index contributed by atoms with van der Waals surface area (Å²) in [4.78, 5) is 15.0. The molecule has 0 bridgehead atoms. The summed E-state index contributed by atoms with van der Waals surface area (Å²) in [5.74, 6) is 1.34. The van der Waals surface area contributed by atoms with Gasteiger partial charge in [-0.05, 0) is 31.4 Å². The van der Waals surface area contributed by atoms with E-state index in [0.717, 1.165) is 50.0 Å². The van der Waals surface area contributed by atoms with Crippen molar-refractivity contribution in [1.82, 2.24) is 15.0 Å². The number of fused-ring (bicyclic) bond motifs is 1. The van der Waals surface area contributed by atoms with Crippen LogP contribution in [0, 0.1) is 0 Å². The number of aromatic nitrogens is 3. The topological polar surface area (TPSA) is 88.2 Å². The van der Waals surface area contributed by atoms with E-state index in [1.54, 1.807) is 6.07 Å². The molecular weight excluding hydrogens is 266 g/mol. The molecule has 3 N–H and O–H groups in total. The predicted molar refractivity (Wildman–Crippen MR) is 83.1 cm³/mol. The second-order valence-electron chi connectivity index (χ2n) is 5.77. The highest BCUT2D eigenvalue weighted by Crippen LogP contribution is 2.31. The number of anilines is 2. The zero-order valence-corrected chi connectivity index (χ0v) is 12.3. The number of piperidine rings is 1. The number of nitrogens with zero attached hydrogens (tertiary/aromatic N) is 4. The van der Waals surface area contributed by atoms with E-state index in [-0.39, 0.29) is 0 Å². The summed E-state index contributed by atoms with van der Waals surface area (Å²) in [5.41, 5.74) is 5.81. The summed E-state index contributed by atoms with van der Waals surface area (Å²) in [6.07, 6.45) is 4.94. The zero-order chi connectivity index (χ0) is 14.9. The first-order chi connectivity index (χ1) is 10.1. The highest BCUT2D eigenvalue weighted by atomic mass is 16.3. The first-order valence-corrected chi connectivity index (χ1v) is 7.46. The number of nitrogen functional groups attached to an aromatic ring is 1. The first kappa shape index (κ1) is 14.0. The Morgan fingerprint density at radius 3 is 2.76 bits per heavy atom. The van der Waals surface area contributed by atoms with Crippen LogP contribution >= 0.6 is 0 Å². The van der Waals surface area contributed by atoms with Gasteiger partial charge in [-0.25, -0.2) is 15.0 Å². The Labute approximate surface area is 124 Å². The van der Waals surface area contributed by atoms with Crippen molar-refractivity contribution in [3.63, 3.8) is 0 Å². The minimum atomic E-state index is -0.517. The van der Waals surface area contributed by atoms with Gasteiger partial charge in [0.25, 0.3) is 0 Å². The maximum Gasteiger partial charge on any atom is 0.166 e. The summed E-state index contributed by atoms with van der Waals surface area (Å²) < 4.78 is 0. The Balaban J connectivity index is 1.86. The van der Waals surface area contributed by atoms with E-state index < -0.39 is 5.60 Å². The van der Waals surface area contributed by atoms with Gasteiger partial charge in [0.1, 0.15) is 18.0 Å². The Kier molecular flexibility index (Phi) is 3.63. The van der Waals surface area contributed by atoms with Gasteiger partial charge in [0.15, 0.2) is 5.65 Å². The molecule has 0 atom stereocenters. The van der Waals surface area contributed by atoms with Crippen molar-refractivity contribution in [2.24, 2.45) is 0 Å². The fourth-order valence-electron chi connectivity index (χ4n) is 3.05. The molecule has 0 aromatic carbocycles. The number of hydrogen-bond acceptors (Lipinski definition) is 6. The lowest BCUT2D eigenvalue weighted by molar-refractivity contribution is 0.00733. The second-order valence-corrected chi connectivity index (χ2v) is 5.77. The van der Waals surface area contributed by atoms with E-state index in [1.807, 2.05) is 6.07 Å². The van der Waals surface area contributed by atoms with Crippen molar-refractivity contribution in [3.05, 3.63) is 18.5 Å². The normalized spacial score (nSPS) is 18.1. The molecule has 0 unspecified atom stereocenters. The van der Waals surface area contributed by atoms with Crippen LogP contribution in [0.2, 0.25) is 0 Å². The van der Waals surface area contributed by atoms with Crippen LogP contribution in [0.4, 0.5) is 11.6 Å². The molecule has 6 heteroatoms. The Morgan fingerprint density at radius 1 is 1.29 bits per heavy atom. The molecule has 2 aromatic heterocycles. The molecular formula is C15H21N5O. The van der Waals surface area contributed by atoms with Gasteiger partial charge in [-0.15, -0.1) is 0 Å². The van der Waals surface area contributed by atoms with E-state index in [2.05, 4.69) is 26.8 Å². The molecule has 1 saturated heterocycles. The molecule has 6 nitrogen and oxygen atoms in total. The number of aliphatic hydroxyl groups is 1. The molecule has 112 valence electrons. The molecule has 0 amide bonds. The highest BCUT2D eigenvalue weighted by molar-refractivity contribution is 5.87. The van der Waals surface area contributed by atoms with E-state index in [4.69, 9.17) is 5.73 Å². The molecule has 1 aliphatic heterocycles. The Hall–Kier alpha value is -1.95. The molecule has 1 fully saturated rings. The van der Waals surface area contributed by atoms with Crippen molar-refractivity contribution in [2.75, 3.05) is 23.7 Å². The lowest BCUT2D eigenvalue weighted by Crippen LogP contribution is -2.44. The van der Waals surface area contributed by atoms with Gasteiger partial charge in [-0.1, -0.05) is 13.3 Å². The molecule has 0 radical (unpaired) electrons. The van der Waals surface area contributed by atoms with Gasteiger partial charge in [0.05, 0.1) is 11.0 Å². The van der Waals surface area contributed by atoms with Crippen LogP contribution in [0.25, 0.3) is 11.0 Å². The van der Waals surface area contributed by atoms with E-state index in [0.29, 0.717) is 11.5 Å². The smallest absolute Gasteiger partial charge is 0.166 e. The number of pyridine rings is 1. The summed E-state index contributed by atoms with van der Waals surface area (Å²) in [6.45, 7) is 3.71. The number of rotatable bonds is 3. The third kappa shape index (κ3) is 2.76. The van der Waals surface area contributed by atoms with Gasteiger partial charge >= 0.3 is 0 Å². The van der Waals surface area contributed by atoms with Crippen molar-refractivity contribution in [1.29, 1.82) is 0 Å². The molecule has 0 spiro atoms.